The number of halogens is 1. The number of benzene rings is 2. The van der Waals surface area contributed by atoms with Crippen LogP contribution in [-0.4, -0.2) is 24.6 Å². The SMILES string of the molecule is N#Cc1ccc(N2CCC(Sc3ccc(C=O)cc3)CC2)c(F)c1. The topological polar surface area (TPSA) is 44.1 Å². The zero-order valence-corrected chi connectivity index (χ0v) is 13.9. The van der Waals surface area contributed by atoms with Crippen molar-refractivity contribution in [3.8, 4) is 6.07 Å². The van der Waals surface area contributed by atoms with Gasteiger partial charge in [0.05, 0.1) is 17.3 Å². The lowest BCUT2D eigenvalue weighted by Crippen LogP contribution is -2.35. The Morgan fingerprint density at radius 2 is 1.88 bits per heavy atom. The van der Waals surface area contributed by atoms with Crippen LogP contribution in [0.15, 0.2) is 47.4 Å². The molecule has 0 unspecified atom stereocenters. The minimum Gasteiger partial charge on any atom is -0.369 e. The summed E-state index contributed by atoms with van der Waals surface area (Å²) in [6.07, 6.45) is 2.79. The molecule has 2 aromatic carbocycles. The summed E-state index contributed by atoms with van der Waals surface area (Å²) in [7, 11) is 0. The van der Waals surface area contributed by atoms with Crippen molar-refractivity contribution in [1.82, 2.24) is 0 Å². The predicted octanol–water partition coefficient (Wildman–Crippen LogP) is 4.27. The summed E-state index contributed by atoms with van der Waals surface area (Å²) in [6.45, 7) is 1.60. The van der Waals surface area contributed by atoms with Crippen LogP contribution in [0.5, 0.6) is 0 Å². The number of thioether (sulfide) groups is 1. The van der Waals surface area contributed by atoms with Crippen LogP contribution in [0.3, 0.4) is 0 Å². The molecule has 2 aromatic rings. The first-order valence-electron chi connectivity index (χ1n) is 7.86. The zero-order valence-electron chi connectivity index (χ0n) is 13.1. The summed E-state index contributed by atoms with van der Waals surface area (Å²) in [6, 6.07) is 14.2. The number of piperidine rings is 1. The summed E-state index contributed by atoms with van der Waals surface area (Å²) in [5.74, 6) is -0.329. The van der Waals surface area contributed by atoms with Gasteiger partial charge < -0.3 is 4.90 Å². The van der Waals surface area contributed by atoms with E-state index < -0.39 is 0 Å². The van der Waals surface area contributed by atoms with Crippen LogP contribution < -0.4 is 4.90 Å². The number of anilines is 1. The maximum atomic E-state index is 14.1. The Bertz CT molecular complexity index is 762. The summed E-state index contributed by atoms with van der Waals surface area (Å²) >= 11 is 1.81. The lowest BCUT2D eigenvalue weighted by atomic mass is 10.1. The fourth-order valence-corrected chi connectivity index (χ4v) is 3.99. The molecule has 0 amide bonds. The van der Waals surface area contributed by atoms with E-state index in [1.54, 1.807) is 12.1 Å². The molecule has 0 spiro atoms. The second-order valence-corrected chi connectivity index (χ2v) is 7.14. The number of hydrogen-bond acceptors (Lipinski definition) is 4. The summed E-state index contributed by atoms with van der Waals surface area (Å²) in [5, 5.41) is 9.31. The third kappa shape index (κ3) is 3.77. The van der Waals surface area contributed by atoms with Gasteiger partial charge in [0.1, 0.15) is 12.1 Å². The Morgan fingerprint density at radius 3 is 2.46 bits per heavy atom. The van der Waals surface area contributed by atoms with Crippen LogP contribution in [0.1, 0.15) is 28.8 Å². The van der Waals surface area contributed by atoms with Crippen molar-refractivity contribution in [3.63, 3.8) is 0 Å². The second-order valence-electron chi connectivity index (χ2n) is 5.77. The van der Waals surface area contributed by atoms with Gasteiger partial charge in [0.2, 0.25) is 0 Å². The molecule has 0 atom stereocenters. The van der Waals surface area contributed by atoms with Gasteiger partial charge in [0.25, 0.3) is 0 Å². The summed E-state index contributed by atoms with van der Waals surface area (Å²) < 4.78 is 14.1. The van der Waals surface area contributed by atoms with Crippen LogP contribution >= 0.6 is 11.8 Å². The average Bonchev–Trinajstić information content (AvgIpc) is 2.63. The van der Waals surface area contributed by atoms with E-state index in [9.17, 15) is 9.18 Å². The van der Waals surface area contributed by atoms with Crippen LogP contribution in [0.2, 0.25) is 0 Å². The van der Waals surface area contributed by atoms with Crippen LogP contribution in [0.4, 0.5) is 10.1 Å². The van der Waals surface area contributed by atoms with Crippen molar-refractivity contribution in [3.05, 3.63) is 59.4 Å². The van der Waals surface area contributed by atoms with Crippen molar-refractivity contribution in [1.29, 1.82) is 5.26 Å². The van der Waals surface area contributed by atoms with Crippen molar-refractivity contribution in [2.45, 2.75) is 23.0 Å². The number of carbonyl (C=O) groups is 1. The van der Waals surface area contributed by atoms with Gasteiger partial charge in [-0.25, -0.2) is 4.39 Å². The number of nitrogens with zero attached hydrogens (tertiary/aromatic N) is 2. The summed E-state index contributed by atoms with van der Waals surface area (Å²) in [4.78, 5) is 13.9. The molecule has 1 saturated heterocycles. The van der Waals surface area contributed by atoms with Crippen LogP contribution in [-0.2, 0) is 0 Å². The normalized spacial score (nSPS) is 15.1. The Hall–Kier alpha value is -2.32. The third-order valence-corrected chi connectivity index (χ3v) is 5.53. The molecule has 0 aromatic heterocycles. The molecule has 1 aliphatic rings. The number of aldehydes is 1. The molecule has 0 N–H and O–H groups in total. The van der Waals surface area contributed by atoms with E-state index in [1.807, 2.05) is 47.0 Å². The number of hydrogen-bond donors (Lipinski definition) is 0. The van der Waals surface area contributed by atoms with E-state index in [2.05, 4.69) is 0 Å². The molecule has 0 radical (unpaired) electrons. The molecule has 122 valence electrons. The fraction of sp³-hybridized carbons (Fsp3) is 0.263. The van der Waals surface area contributed by atoms with E-state index >= 15 is 0 Å². The van der Waals surface area contributed by atoms with E-state index in [4.69, 9.17) is 5.26 Å². The largest absolute Gasteiger partial charge is 0.369 e. The van der Waals surface area contributed by atoms with Gasteiger partial charge in [-0.2, -0.15) is 5.26 Å². The molecule has 0 bridgehead atoms. The lowest BCUT2D eigenvalue weighted by Gasteiger charge is -2.33. The molecule has 3 rings (SSSR count). The molecular weight excluding hydrogens is 323 g/mol. The Kier molecular flexibility index (Phi) is 5.17. The standard InChI is InChI=1S/C19H17FN2OS/c20-18-11-15(12-21)3-6-19(18)22-9-7-17(8-10-22)24-16-4-1-14(13-23)2-5-16/h1-6,11,13,17H,7-10H2. The van der Waals surface area contributed by atoms with E-state index in [-0.39, 0.29) is 5.82 Å². The van der Waals surface area contributed by atoms with E-state index in [1.165, 1.54) is 6.07 Å². The molecule has 24 heavy (non-hydrogen) atoms. The lowest BCUT2D eigenvalue weighted by molar-refractivity contribution is 0.112. The molecule has 0 aliphatic carbocycles. The number of carbonyl (C=O) groups excluding carboxylic acids is 1. The van der Waals surface area contributed by atoms with Gasteiger partial charge in [0, 0.05) is 28.8 Å². The van der Waals surface area contributed by atoms with E-state index in [0.29, 0.717) is 22.1 Å². The van der Waals surface area contributed by atoms with Crippen LogP contribution in [0, 0.1) is 17.1 Å². The van der Waals surface area contributed by atoms with Gasteiger partial charge in [-0.05, 0) is 43.2 Å². The highest BCUT2D eigenvalue weighted by Crippen LogP contribution is 2.32. The second kappa shape index (κ2) is 7.50. The number of rotatable bonds is 4. The first kappa shape index (κ1) is 16.5. The maximum absolute atomic E-state index is 14.1. The Morgan fingerprint density at radius 1 is 1.17 bits per heavy atom. The molecule has 5 heteroatoms. The van der Waals surface area contributed by atoms with Gasteiger partial charge in [-0.15, -0.1) is 11.8 Å². The van der Waals surface area contributed by atoms with Crippen molar-refractivity contribution >= 4 is 23.7 Å². The highest BCUT2D eigenvalue weighted by Gasteiger charge is 2.22. The van der Waals surface area contributed by atoms with Gasteiger partial charge in [0.15, 0.2) is 0 Å². The minimum atomic E-state index is -0.329. The third-order valence-electron chi connectivity index (χ3n) is 4.18. The Balaban J connectivity index is 1.59. The Labute approximate surface area is 145 Å². The highest BCUT2D eigenvalue weighted by atomic mass is 32.2. The van der Waals surface area contributed by atoms with E-state index in [0.717, 1.165) is 37.1 Å². The van der Waals surface area contributed by atoms with Crippen molar-refractivity contribution in [2.24, 2.45) is 0 Å². The average molecular weight is 340 g/mol. The van der Waals surface area contributed by atoms with Crippen LogP contribution in [0.25, 0.3) is 0 Å². The zero-order chi connectivity index (χ0) is 16.9. The van der Waals surface area contributed by atoms with Gasteiger partial charge in [-0.3, -0.25) is 4.79 Å². The first-order chi connectivity index (χ1) is 11.7. The smallest absolute Gasteiger partial charge is 0.150 e. The molecule has 0 saturated carbocycles. The van der Waals surface area contributed by atoms with Crippen molar-refractivity contribution in [2.75, 3.05) is 18.0 Å². The van der Waals surface area contributed by atoms with Gasteiger partial charge in [-0.1, -0.05) is 12.1 Å². The number of nitriles is 1. The molecule has 1 aliphatic heterocycles. The molecular formula is C19H17FN2OS. The summed E-state index contributed by atoms with van der Waals surface area (Å²) in [5.41, 5.74) is 1.61. The molecule has 1 heterocycles. The first-order valence-corrected chi connectivity index (χ1v) is 8.74. The quantitative estimate of drug-likeness (QED) is 0.780. The highest BCUT2D eigenvalue weighted by molar-refractivity contribution is 8.00. The minimum absolute atomic E-state index is 0.329. The maximum Gasteiger partial charge on any atom is 0.150 e. The van der Waals surface area contributed by atoms with Crippen molar-refractivity contribution < 1.29 is 9.18 Å². The molecule has 3 nitrogen and oxygen atoms in total. The van der Waals surface area contributed by atoms with Gasteiger partial charge >= 0.3 is 0 Å². The predicted molar refractivity (Wildman–Crippen MR) is 94.0 cm³/mol. The fourth-order valence-electron chi connectivity index (χ4n) is 2.86. The monoisotopic (exact) mass is 340 g/mol. The molecule has 1 fully saturated rings.